The van der Waals surface area contributed by atoms with Crippen molar-refractivity contribution in [1.29, 1.82) is 0 Å². The number of fused-ring (bicyclic) bond motifs is 1. The van der Waals surface area contributed by atoms with Gasteiger partial charge in [-0.15, -0.1) is 0 Å². The van der Waals surface area contributed by atoms with Crippen LogP contribution in [0.5, 0.6) is 17.2 Å². The van der Waals surface area contributed by atoms with E-state index in [1.54, 1.807) is 0 Å². The van der Waals surface area contributed by atoms with Gasteiger partial charge < -0.3 is 19.5 Å². The molecule has 0 saturated carbocycles. The zero-order valence-corrected chi connectivity index (χ0v) is 18.4. The number of hydrogen-bond donors (Lipinski definition) is 1. The van der Waals surface area contributed by atoms with E-state index in [-0.39, 0.29) is 12.7 Å². The van der Waals surface area contributed by atoms with Crippen molar-refractivity contribution in [3.8, 4) is 17.2 Å². The highest BCUT2D eigenvalue weighted by Gasteiger charge is 2.25. The Morgan fingerprint density at radius 3 is 2.52 bits per heavy atom. The summed E-state index contributed by atoms with van der Waals surface area (Å²) in [6.07, 6.45) is 1.12. The monoisotopic (exact) mass is 424 g/mol. The summed E-state index contributed by atoms with van der Waals surface area (Å²) in [6, 6.07) is 13.8. The van der Waals surface area contributed by atoms with Gasteiger partial charge in [-0.2, -0.15) is 0 Å². The van der Waals surface area contributed by atoms with Crippen molar-refractivity contribution >= 4 is 5.91 Å². The Morgan fingerprint density at radius 1 is 1.03 bits per heavy atom. The summed E-state index contributed by atoms with van der Waals surface area (Å²) in [5.74, 6) is 3.89. The second kappa shape index (κ2) is 10.1. The molecule has 2 heterocycles. The standard InChI is InChI=1S/C25H32N2O4/c1-18-15-27(16-19(18)2)11-12-29-22-6-3-20(4-7-22)9-10-26-25(28)14-21-5-8-23-24(13-21)31-17-30-23/h3-8,13,18-19H,9-12,14-17H2,1-2H3,(H,26,28)/t18-,19-/m0/s1. The first-order valence-corrected chi connectivity index (χ1v) is 11.2. The maximum Gasteiger partial charge on any atom is 0.231 e. The average Bonchev–Trinajstić information content (AvgIpc) is 3.35. The van der Waals surface area contributed by atoms with E-state index in [9.17, 15) is 4.79 Å². The smallest absolute Gasteiger partial charge is 0.231 e. The second-order valence-electron chi connectivity index (χ2n) is 8.67. The molecule has 2 aliphatic rings. The molecule has 1 saturated heterocycles. The molecule has 2 atom stereocenters. The first-order valence-electron chi connectivity index (χ1n) is 11.2. The predicted molar refractivity (Wildman–Crippen MR) is 120 cm³/mol. The van der Waals surface area contributed by atoms with E-state index in [4.69, 9.17) is 14.2 Å². The first kappa shape index (κ1) is 21.5. The van der Waals surface area contributed by atoms with Crippen LogP contribution in [0.3, 0.4) is 0 Å². The van der Waals surface area contributed by atoms with Gasteiger partial charge in [-0.3, -0.25) is 9.69 Å². The van der Waals surface area contributed by atoms with Crippen molar-refractivity contribution in [2.75, 3.05) is 39.6 Å². The Kier molecular flexibility index (Phi) is 6.97. The van der Waals surface area contributed by atoms with Gasteiger partial charge >= 0.3 is 0 Å². The number of nitrogens with one attached hydrogen (secondary N) is 1. The number of rotatable bonds is 9. The van der Waals surface area contributed by atoms with Crippen LogP contribution in [0.2, 0.25) is 0 Å². The number of hydrogen-bond acceptors (Lipinski definition) is 5. The van der Waals surface area contributed by atoms with Crippen molar-refractivity contribution in [2.24, 2.45) is 11.8 Å². The maximum absolute atomic E-state index is 12.2. The van der Waals surface area contributed by atoms with Crippen molar-refractivity contribution in [2.45, 2.75) is 26.7 Å². The van der Waals surface area contributed by atoms with Crippen LogP contribution < -0.4 is 19.5 Å². The van der Waals surface area contributed by atoms with Crippen molar-refractivity contribution < 1.29 is 19.0 Å². The van der Waals surface area contributed by atoms with Gasteiger partial charge in [0.1, 0.15) is 12.4 Å². The largest absolute Gasteiger partial charge is 0.492 e. The molecule has 0 aromatic heterocycles. The predicted octanol–water partition coefficient (Wildman–Crippen LogP) is 3.28. The summed E-state index contributed by atoms with van der Waals surface area (Å²) in [7, 11) is 0. The Morgan fingerprint density at radius 2 is 1.74 bits per heavy atom. The number of benzene rings is 2. The van der Waals surface area contributed by atoms with Gasteiger partial charge in [0.05, 0.1) is 6.42 Å². The lowest BCUT2D eigenvalue weighted by Crippen LogP contribution is -2.27. The van der Waals surface area contributed by atoms with Gasteiger partial charge in [-0.1, -0.05) is 32.0 Å². The van der Waals surface area contributed by atoms with Gasteiger partial charge in [-0.05, 0) is 53.6 Å². The summed E-state index contributed by atoms with van der Waals surface area (Å²) < 4.78 is 16.6. The summed E-state index contributed by atoms with van der Waals surface area (Å²) >= 11 is 0. The van der Waals surface area contributed by atoms with E-state index in [2.05, 4.69) is 36.2 Å². The van der Waals surface area contributed by atoms with Crippen LogP contribution in [0.4, 0.5) is 0 Å². The number of carbonyl (C=O) groups excluding carboxylic acids is 1. The van der Waals surface area contributed by atoms with E-state index in [0.29, 0.717) is 25.3 Å². The molecule has 1 N–H and O–H groups in total. The van der Waals surface area contributed by atoms with E-state index < -0.39 is 0 Å². The molecule has 4 rings (SSSR count). The molecule has 0 unspecified atom stereocenters. The summed E-state index contributed by atoms with van der Waals surface area (Å²) in [5, 5.41) is 2.99. The topological polar surface area (TPSA) is 60.0 Å². The van der Waals surface area contributed by atoms with E-state index >= 15 is 0 Å². The second-order valence-corrected chi connectivity index (χ2v) is 8.67. The van der Waals surface area contributed by atoms with Crippen LogP contribution >= 0.6 is 0 Å². The third-order valence-electron chi connectivity index (χ3n) is 6.20. The molecule has 1 fully saturated rings. The fraction of sp³-hybridized carbons (Fsp3) is 0.480. The van der Waals surface area contributed by atoms with Crippen molar-refractivity contribution in [1.82, 2.24) is 10.2 Å². The molecule has 0 radical (unpaired) electrons. The minimum Gasteiger partial charge on any atom is -0.492 e. The molecule has 1 amide bonds. The summed E-state index contributed by atoms with van der Waals surface area (Å²) in [5.41, 5.74) is 2.10. The Labute approximate surface area is 184 Å². The fourth-order valence-corrected chi connectivity index (χ4v) is 4.12. The van der Waals surface area contributed by atoms with Gasteiger partial charge in [0.2, 0.25) is 12.7 Å². The van der Waals surface area contributed by atoms with Crippen LogP contribution in [0.25, 0.3) is 0 Å². The lowest BCUT2D eigenvalue weighted by molar-refractivity contribution is -0.120. The molecule has 6 heteroatoms. The van der Waals surface area contributed by atoms with Crippen LogP contribution in [0.1, 0.15) is 25.0 Å². The van der Waals surface area contributed by atoms with E-state index in [1.165, 1.54) is 18.7 Å². The van der Waals surface area contributed by atoms with Gasteiger partial charge in [0, 0.05) is 26.2 Å². The molecule has 166 valence electrons. The van der Waals surface area contributed by atoms with Gasteiger partial charge in [-0.25, -0.2) is 0 Å². The Balaban J connectivity index is 1.14. The van der Waals surface area contributed by atoms with Crippen LogP contribution in [0, 0.1) is 11.8 Å². The minimum atomic E-state index is 0.00404. The molecule has 31 heavy (non-hydrogen) atoms. The van der Waals surface area contributed by atoms with Gasteiger partial charge in [0.15, 0.2) is 11.5 Å². The Hall–Kier alpha value is -2.73. The SMILES string of the molecule is C[C@H]1CN(CCOc2ccc(CCNC(=O)Cc3ccc4c(c3)OCO4)cc2)C[C@@H]1C. The zero-order chi connectivity index (χ0) is 21.6. The normalized spacial score (nSPS) is 20.1. The van der Waals surface area contributed by atoms with Crippen LogP contribution in [-0.2, 0) is 17.6 Å². The number of amides is 1. The molecule has 2 aromatic rings. The number of carbonyl (C=O) groups is 1. The maximum atomic E-state index is 12.2. The summed E-state index contributed by atoms with van der Waals surface area (Å²) in [6.45, 7) is 9.53. The van der Waals surface area contributed by atoms with Gasteiger partial charge in [0.25, 0.3) is 0 Å². The number of ether oxygens (including phenoxy) is 3. The van der Waals surface area contributed by atoms with E-state index in [0.717, 1.165) is 41.9 Å². The Bertz CT molecular complexity index is 874. The zero-order valence-electron chi connectivity index (χ0n) is 18.4. The first-order chi connectivity index (χ1) is 15.1. The third-order valence-corrected chi connectivity index (χ3v) is 6.20. The van der Waals surface area contributed by atoms with Crippen LogP contribution in [0.15, 0.2) is 42.5 Å². The molecule has 0 bridgehead atoms. The highest BCUT2D eigenvalue weighted by molar-refractivity contribution is 5.78. The molecule has 6 nitrogen and oxygen atoms in total. The fourth-order valence-electron chi connectivity index (χ4n) is 4.12. The van der Waals surface area contributed by atoms with Crippen LogP contribution in [-0.4, -0.2) is 50.4 Å². The quantitative estimate of drug-likeness (QED) is 0.669. The molecular formula is C25H32N2O4. The highest BCUT2D eigenvalue weighted by atomic mass is 16.7. The molecule has 0 aliphatic carbocycles. The number of nitrogens with zero attached hydrogens (tertiary/aromatic N) is 1. The third kappa shape index (κ3) is 5.91. The lowest BCUT2D eigenvalue weighted by Gasteiger charge is -2.16. The molecule has 0 spiro atoms. The lowest BCUT2D eigenvalue weighted by atomic mass is 10.0. The molecule has 2 aromatic carbocycles. The minimum absolute atomic E-state index is 0.00404. The number of likely N-dealkylation sites (tertiary alicyclic amines) is 1. The van der Waals surface area contributed by atoms with Crippen molar-refractivity contribution in [3.63, 3.8) is 0 Å². The van der Waals surface area contributed by atoms with E-state index in [1.807, 2.05) is 30.3 Å². The summed E-state index contributed by atoms with van der Waals surface area (Å²) in [4.78, 5) is 14.7. The molecule has 2 aliphatic heterocycles. The average molecular weight is 425 g/mol. The van der Waals surface area contributed by atoms with Crippen molar-refractivity contribution in [3.05, 3.63) is 53.6 Å². The molecular weight excluding hydrogens is 392 g/mol. The highest BCUT2D eigenvalue weighted by Crippen LogP contribution is 2.32.